The van der Waals surface area contributed by atoms with Crippen molar-refractivity contribution in [1.82, 2.24) is 10.4 Å². The van der Waals surface area contributed by atoms with Crippen LogP contribution in [0.2, 0.25) is 0 Å². The molecular formula is C15H15N3O. The van der Waals surface area contributed by atoms with Crippen LogP contribution < -0.4 is 5.43 Å². The van der Waals surface area contributed by atoms with Crippen LogP contribution >= 0.6 is 0 Å². The smallest absolute Gasteiger partial charge is 0.115 e. The molecule has 1 aromatic heterocycles. The fraction of sp³-hybridized carbons (Fsp3) is 0.200. The third-order valence-corrected chi connectivity index (χ3v) is 3.72. The van der Waals surface area contributed by atoms with E-state index in [0.717, 1.165) is 16.8 Å². The molecule has 1 aliphatic heterocycles. The minimum absolute atomic E-state index is 0.269. The Balaban J connectivity index is 2.22. The number of phenolic OH excluding ortho intramolecular Hbond substituents is 1. The largest absolute Gasteiger partial charge is 0.508 e. The van der Waals surface area contributed by atoms with E-state index in [9.17, 15) is 5.11 Å². The SMILES string of the molecule is CC1=NNCC1(c1ccncc1)c1cccc(O)c1. The van der Waals surface area contributed by atoms with E-state index in [0.29, 0.717) is 6.54 Å². The highest BCUT2D eigenvalue weighted by Gasteiger charge is 2.40. The van der Waals surface area contributed by atoms with E-state index in [1.807, 2.05) is 31.2 Å². The van der Waals surface area contributed by atoms with Gasteiger partial charge in [-0.1, -0.05) is 12.1 Å². The lowest BCUT2D eigenvalue weighted by atomic mass is 9.72. The number of hydrazone groups is 1. The first-order valence-electron chi connectivity index (χ1n) is 6.21. The monoisotopic (exact) mass is 253 g/mol. The van der Waals surface area contributed by atoms with Gasteiger partial charge in [-0.2, -0.15) is 5.10 Å². The summed E-state index contributed by atoms with van der Waals surface area (Å²) in [5.41, 5.74) is 5.88. The summed E-state index contributed by atoms with van der Waals surface area (Å²) in [6.45, 7) is 2.69. The van der Waals surface area contributed by atoms with Crippen molar-refractivity contribution >= 4 is 5.71 Å². The third kappa shape index (κ3) is 1.76. The number of hydrogen-bond acceptors (Lipinski definition) is 4. The van der Waals surface area contributed by atoms with Gasteiger partial charge in [0, 0.05) is 12.4 Å². The van der Waals surface area contributed by atoms with Gasteiger partial charge in [0.05, 0.1) is 17.7 Å². The zero-order valence-corrected chi connectivity index (χ0v) is 10.7. The number of phenols is 1. The van der Waals surface area contributed by atoms with E-state index in [-0.39, 0.29) is 11.2 Å². The number of hydrogen-bond donors (Lipinski definition) is 2. The normalized spacial score (nSPS) is 21.8. The summed E-state index contributed by atoms with van der Waals surface area (Å²) in [6, 6.07) is 11.3. The van der Waals surface area contributed by atoms with Crippen molar-refractivity contribution < 1.29 is 5.11 Å². The van der Waals surface area contributed by atoms with Crippen LogP contribution in [-0.4, -0.2) is 22.3 Å². The van der Waals surface area contributed by atoms with E-state index in [1.165, 1.54) is 0 Å². The van der Waals surface area contributed by atoms with Crippen LogP contribution in [0.5, 0.6) is 5.75 Å². The topological polar surface area (TPSA) is 57.5 Å². The summed E-state index contributed by atoms with van der Waals surface area (Å²) in [6.07, 6.45) is 3.57. The van der Waals surface area contributed by atoms with E-state index < -0.39 is 0 Å². The van der Waals surface area contributed by atoms with Crippen molar-refractivity contribution in [3.63, 3.8) is 0 Å². The maximum atomic E-state index is 9.75. The Hall–Kier alpha value is -2.36. The molecule has 2 aromatic rings. The van der Waals surface area contributed by atoms with Gasteiger partial charge in [0.25, 0.3) is 0 Å². The molecule has 0 amide bonds. The van der Waals surface area contributed by atoms with Crippen molar-refractivity contribution in [2.45, 2.75) is 12.3 Å². The molecule has 0 radical (unpaired) electrons. The Morgan fingerprint density at radius 3 is 2.58 bits per heavy atom. The molecule has 0 bridgehead atoms. The molecule has 96 valence electrons. The quantitative estimate of drug-likeness (QED) is 0.861. The Labute approximate surface area is 111 Å². The first-order valence-corrected chi connectivity index (χ1v) is 6.21. The van der Waals surface area contributed by atoms with Gasteiger partial charge < -0.3 is 10.5 Å². The highest BCUT2D eigenvalue weighted by atomic mass is 16.3. The number of benzene rings is 1. The fourth-order valence-corrected chi connectivity index (χ4v) is 2.70. The van der Waals surface area contributed by atoms with Gasteiger partial charge in [-0.05, 0) is 42.3 Å². The Bertz CT molecular complexity index is 624. The molecule has 0 saturated carbocycles. The van der Waals surface area contributed by atoms with Gasteiger partial charge >= 0.3 is 0 Å². The molecule has 1 aromatic carbocycles. The fourth-order valence-electron chi connectivity index (χ4n) is 2.70. The zero-order chi connectivity index (χ0) is 13.3. The molecule has 0 spiro atoms. The lowest BCUT2D eigenvalue weighted by Crippen LogP contribution is -2.37. The zero-order valence-electron chi connectivity index (χ0n) is 10.7. The van der Waals surface area contributed by atoms with E-state index >= 15 is 0 Å². The van der Waals surface area contributed by atoms with E-state index in [2.05, 4.69) is 15.5 Å². The van der Waals surface area contributed by atoms with Crippen molar-refractivity contribution in [3.8, 4) is 5.75 Å². The molecule has 2 N–H and O–H groups in total. The molecule has 0 fully saturated rings. The summed E-state index contributed by atoms with van der Waals surface area (Å²) in [4.78, 5) is 4.07. The van der Waals surface area contributed by atoms with Gasteiger partial charge in [0.2, 0.25) is 0 Å². The average Bonchev–Trinajstić information content (AvgIpc) is 2.82. The minimum atomic E-state index is -0.332. The standard InChI is InChI=1S/C15H15N3O/c1-11-15(10-17-18-11,12-5-7-16-8-6-12)13-3-2-4-14(19)9-13/h2-9,17,19H,10H2,1H3. The third-order valence-electron chi connectivity index (χ3n) is 3.72. The molecule has 1 aliphatic rings. The molecule has 19 heavy (non-hydrogen) atoms. The summed E-state index contributed by atoms with van der Waals surface area (Å²) < 4.78 is 0. The van der Waals surface area contributed by atoms with Crippen LogP contribution in [0.3, 0.4) is 0 Å². The molecule has 4 nitrogen and oxygen atoms in total. The molecule has 3 rings (SSSR count). The molecule has 0 aliphatic carbocycles. The van der Waals surface area contributed by atoms with Crippen LogP contribution in [0.4, 0.5) is 0 Å². The Kier molecular flexibility index (Phi) is 2.71. The second kappa shape index (κ2) is 4.39. The van der Waals surface area contributed by atoms with Crippen molar-refractivity contribution in [2.75, 3.05) is 6.54 Å². The van der Waals surface area contributed by atoms with Gasteiger partial charge in [0.1, 0.15) is 5.75 Å². The van der Waals surface area contributed by atoms with Crippen molar-refractivity contribution in [2.24, 2.45) is 5.10 Å². The molecule has 1 unspecified atom stereocenters. The van der Waals surface area contributed by atoms with Crippen molar-refractivity contribution in [1.29, 1.82) is 0 Å². The van der Waals surface area contributed by atoms with Crippen LogP contribution in [0.25, 0.3) is 0 Å². The number of nitrogens with one attached hydrogen (secondary N) is 1. The summed E-state index contributed by atoms with van der Waals surface area (Å²) >= 11 is 0. The van der Waals surface area contributed by atoms with Crippen molar-refractivity contribution in [3.05, 3.63) is 59.9 Å². The lowest BCUT2D eigenvalue weighted by Gasteiger charge is -2.29. The minimum Gasteiger partial charge on any atom is -0.508 e. The molecule has 2 heterocycles. The number of pyridine rings is 1. The summed E-state index contributed by atoms with van der Waals surface area (Å²) in [5.74, 6) is 0.269. The van der Waals surface area contributed by atoms with Crippen LogP contribution in [-0.2, 0) is 5.41 Å². The van der Waals surface area contributed by atoms with Gasteiger partial charge in [-0.15, -0.1) is 0 Å². The van der Waals surface area contributed by atoms with E-state index in [1.54, 1.807) is 24.5 Å². The highest BCUT2D eigenvalue weighted by Crippen LogP contribution is 2.36. The summed E-state index contributed by atoms with van der Waals surface area (Å²) in [7, 11) is 0. The average molecular weight is 253 g/mol. The second-order valence-electron chi connectivity index (χ2n) is 4.72. The molecule has 4 heteroatoms. The molecule has 0 saturated heterocycles. The highest BCUT2D eigenvalue weighted by molar-refractivity contribution is 5.98. The number of nitrogens with zero attached hydrogens (tertiary/aromatic N) is 2. The number of aromatic nitrogens is 1. The first kappa shape index (κ1) is 11.7. The van der Waals surface area contributed by atoms with Gasteiger partial charge in [-0.25, -0.2) is 0 Å². The predicted octanol–water partition coefficient (Wildman–Crippen LogP) is 2.05. The van der Waals surface area contributed by atoms with Crippen LogP contribution in [0.1, 0.15) is 18.1 Å². The van der Waals surface area contributed by atoms with Gasteiger partial charge in [-0.3, -0.25) is 4.98 Å². The lowest BCUT2D eigenvalue weighted by molar-refractivity contribution is 0.473. The maximum absolute atomic E-state index is 9.75. The van der Waals surface area contributed by atoms with E-state index in [4.69, 9.17) is 0 Å². The Morgan fingerprint density at radius 2 is 1.95 bits per heavy atom. The number of aromatic hydroxyl groups is 1. The molecule has 1 atom stereocenters. The Morgan fingerprint density at radius 1 is 1.16 bits per heavy atom. The van der Waals surface area contributed by atoms with Gasteiger partial charge in [0.15, 0.2) is 0 Å². The summed E-state index contributed by atoms with van der Waals surface area (Å²) in [5, 5.41) is 14.1. The second-order valence-corrected chi connectivity index (χ2v) is 4.72. The predicted molar refractivity (Wildman–Crippen MR) is 74.2 cm³/mol. The molecular weight excluding hydrogens is 238 g/mol. The van der Waals surface area contributed by atoms with Crippen LogP contribution in [0.15, 0.2) is 53.9 Å². The number of rotatable bonds is 2. The maximum Gasteiger partial charge on any atom is 0.115 e. The van der Waals surface area contributed by atoms with Crippen LogP contribution in [0, 0.1) is 0 Å². The first-order chi connectivity index (χ1) is 9.23.